The molecule has 5 nitrogen and oxygen atoms in total. The highest BCUT2D eigenvalue weighted by Gasteiger charge is 2.19. The monoisotopic (exact) mass is 325 g/mol. The molecule has 2 amide bonds. The average Bonchev–Trinajstić information content (AvgIpc) is 2.83. The maximum atomic E-state index is 11.6. The number of amides is 2. The molecule has 1 unspecified atom stereocenters. The van der Waals surface area contributed by atoms with E-state index < -0.39 is 0 Å². The van der Waals surface area contributed by atoms with Gasteiger partial charge < -0.3 is 16.0 Å². The Morgan fingerprint density at radius 1 is 1.32 bits per heavy atom. The van der Waals surface area contributed by atoms with Crippen LogP contribution < -0.4 is 11.1 Å². The number of nitrogens with two attached hydrogens (primary N) is 1. The Morgan fingerprint density at radius 2 is 1.95 bits per heavy atom. The highest BCUT2D eigenvalue weighted by atomic mass is 35.5. The Kier molecular flexibility index (Phi) is 7.35. The first-order valence-corrected chi connectivity index (χ1v) is 7.42. The standard InChI is InChI=1S/C16H23N3O2.ClH/c1-12(17)9-15(20)18-10-13-4-6-14(7-5-13)11-19-8-2-3-16(19)21;/h4-7,12H,2-3,8-11,17H2,1H3,(H,18,20);1H. The summed E-state index contributed by atoms with van der Waals surface area (Å²) in [6.07, 6.45) is 1.97. The van der Waals surface area contributed by atoms with Crippen LogP contribution in [0, 0.1) is 0 Å². The molecule has 1 aliphatic heterocycles. The van der Waals surface area contributed by atoms with Crippen LogP contribution in [0.15, 0.2) is 24.3 Å². The van der Waals surface area contributed by atoms with Crippen LogP contribution >= 0.6 is 12.4 Å². The van der Waals surface area contributed by atoms with Crippen molar-refractivity contribution in [2.45, 2.75) is 45.3 Å². The van der Waals surface area contributed by atoms with Crippen LogP contribution in [0.5, 0.6) is 0 Å². The van der Waals surface area contributed by atoms with Gasteiger partial charge in [-0.1, -0.05) is 24.3 Å². The molecule has 1 aromatic rings. The molecule has 1 atom stereocenters. The number of hydrogen-bond donors (Lipinski definition) is 2. The molecule has 1 saturated heterocycles. The van der Waals surface area contributed by atoms with Gasteiger partial charge in [0.2, 0.25) is 11.8 Å². The smallest absolute Gasteiger partial charge is 0.222 e. The zero-order valence-electron chi connectivity index (χ0n) is 12.9. The van der Waals surface area contributed by atoms with Gasteiger partial charge in [-0.05, 0) is 24.5 Å². The first-order valence-electron chi connectivity index (χ1n) is 7.42. The van der Waals surface area contributed by atoms with Gasteiger partial charge in [0.25, 0.3) is 0 Å². The number of benzene rings is 1. The highest BCUT2D eigenvalue weighted by Crippen LogP contribution is 2.14. The molecule has 3 N–H and O–H groups in total. The van der Waals surface area contributed by atoms with Crippen LogP contribution in [0.3, 0.4) is 0 Å². The first-order chi connectivity index (χ1) is 10.0. The van der Waals surface area contributed by atoms with Gasteiger partial charge in [-0.3, -0.25) is 9.59 Å². The van der Waals surface area contributed by atoms with Crippen molar-refractivity contribution in [2.75, 3.05) is 6.54 Å². The highest BCUT2D eigenvalue weighted by molar-refractivity contribution is 5.85. The van der Waals surface area contributed by atoms with Gasteiger partial charge in [0.15, 0.2) is 0 Å². The van der Waals surface area contributed by atoms with Gasteiger partial charge in [0.1, 0.15) is 0 Å². The molecule has 1 fully saturated rings. The van der Waals surface area contributed by atoms with Crippen molar-refractivity contribution >= 4 is 24.2 Å². The van der Waals surface area contributed by atoms with Crippen LogP contribution in [-0.2, 0) is 22.7 Å². The number of halogens is 1. The van der Waals surface area contributed by atoms with Crippen LogP contribution in [0.2, 0.25) is 0 Å². The zero-order chi connectivity index (χ0) is 15.2. The van der Waals surface area contributed by atoms with E-state index in [0.717, 1.165) is 24.1 Å². The van der Waals surface area contributed by atoms with E-state index in [4.69, 9.17) is 5.73 Å². The number of hydrogen-bond acceptors (Lipinski definition) is 3. The van der Waals surface area contributed by atoms with E-state index in [2.05, 4.69) is 5.32 Å². The van der Waals surface area contributed by atoms with Crippen LogP contribution in [0.25, 0.3) is 0 Å². The SMILES string of the molecule is CC(N)CC(=O)NCc1ccc(CN2CCCC2=O)cc1.Cl. The van der Waals surface area contributed by atoms with Crippen molar-refractivity contribution in [3.8, 4) is 0 Å². The first kappa shape index (κ1) is 18.5. The molecule has 0 aliphatic carbocycles. The zero-order valence-corrected chi connectivity index (χ0v) is 13.7. The summed E-state index contributed by atoms with van der Waals surface area (Å²) in [4.78, 5) is 25.0. The lowest BCUT2D eigenvalue weighted by atomic mass is 10.1. The van der Waals surface area contributed by atoms with Gasteiger partial charge in [0, 0.05) is 38.5 Å². The summed E-state index contributed by atoms with van der Waals surface area (Å²) in [5, 5.41) is 2.85. The van der Waals surface area contributed by atoms with E-state index in [0.29, 0.717) is 25.9 Å². The summed E-state index contributed by atoms with van der Waals surface area (Å²) < 4.78 is 0. The molecular formula is C16H24ClN3O2. The van der Waals surface area contributed by atoms with Crippen LogP contribution in [0.1, 0.15) is 37.3 Å². The molecule has 0 spiro atoms. The van der Waals surface area contributed by atoms with E-state index in [1.165, 1.54) is 0 Å². The minimum atomic E-state index is -0.120. The molecule has 122 valence electrons. The summed E-state index contributed by atoms with van der Waals surface area (Å²) in [5.41, 5.74) is 7.75. The van der Waals surface area contributed by atoms with E-state index >= 15 is 0 Å². The largest absolute Gasteiger partial charge is 0.352 e. The van der Waals surface area contributed by atoms with Crippen LogP contribution in [-0.4, -0.2) is 29.3 Å². The summed E-state index contributed by atoms with van der Waals surface area (Å²) in [6, 6.07) is 7.88. The number of carbonyl (C=O) groups is 2. The van der Waals surface area contributed by atoms with E-state index in [1.807, 2.05) is 36.1 Å². The summed E-state index contributed by atoms with van der Waals surface area (Å²) in [6.45, 7) is 3.85. The maximum Gasteiger partial charge on any atom is 0.222 e. The van der Waals surface area contributed by atoms with Crippen LogP contribution in [0.4, 0.5) is 0 Å². The summed E-state index contributed by atoms with van der Waals surface area (Å²) >= 11 is 0. The Balaban J connectivity index is 0.00000242. The fraction of sp³-hybridized carbons (Fsp3) is 0.500. The van der Waals surface area contributed by atoms with Gasteiger partial charge in [-0.15, -0.1) is 12.4 Å². The average molecular weight is 326 g/mol. The lowest BCUT2D eigenvalue weighted by molar-refractivity contribution is -0.128. The third-order valence-electron chi connectivity index (χ3n) is 3.56. The number of rotatable bonds is 6. The van der Waals surface area contributed by atoms with E-state index in [-0.39, 0.29) is 30.3 Å². The Bertz CT molecular complexity index is 503. The van der Waals surface area contributed by atoms with Crippen molar-refractivity contribution in [2.24, 2.45) is 5.73 Å². The quantitative estimate of drug-likeness (QED) is 0.834. The summed E-state index contributed by atoms with van der Waals surface area (Å²) in [7, 11) is 0. The molecule has 6 heteroatoms. The third kappa shape index (κ3) is 5.66. The number of nitrogens with zero attached hydrogens (tertiary/aromatic N) is 1. The molecule has 0 bridgehead atoms. The predicted molar refractivity (Wildman–Crippen MR) is 88.5 cm³/mol. The fourth-order valence-corrected chi connectivity index (χ4v) is 2.42. The molecule has 1 aromatic carbocycles. The predicted octanol–water partition coefficient (Wildman–Crippen LogP) is 1.58. The van der Waals surface area contributed by atoms with Gasteiger partial charge in [0.05, 0.1) is 0 Å². The number of likely N-dealkylation sites (tertiary alicyclic amines) is 1. The lowest BCUT2D eigenvalue weighted by Gasteiger charge is -2.15. The van der Waals surface area contributed by atoms with Crippen molar-refractivity contribution in [1.82, 2.24) is 10.2 Å². The van der Waals surface area contributed by atoms with E-state index in [9.17, 15) is 9.59 Å². The lowest BCUT2D eigenvalue weighted by Crippen LogP contribution is -2.29. The second-order valence-electron chi connectivity index (χ2n) is 5.69. The topological polar surface area (TPSA) is 75.4 Å². The molecule has 0 aromatic heterocycles. The van der Waals surface area contributed by atoms with Crippen molar-refractivity contribution in [1.29, 1.82) is 0 Å². The Morgan fingerprint density at radius 3 is 2.50 bits per heavy atom. The van der Waals surface area contributed by atoms with Crippen molar-refractivity contribution < 1.29 is 9.59 Å². The molecular weight excluding hydrogens is 302 g/mol. The minimum absolute atomic E-state index is 0. The van der Waals surface area contributed by atoms with Gasteiger partial charge in [-0.2, -0.15) is 0 Å². The Labute approximate surface area is 137 Å². The molecule has 22 heavy (non-hydrogen) atoms. The Hall–Kier alpha value is -1.59. The molecule has 0 radical (unpaired) electrons. The normalized spacial score (nSPS) is 15.4. The third-order valence-corrected chi connectivity index (χ3v) is 3.56. The van der Waals surface area contributed by atoms with E-state index in [1.54, 1.807) is 0 Å². The summed E-state index contributed by atoms with van der Waals surface area (Å²) in [5.74, 6) is 0.207. The van der Waals surface area contributed by atoms with Gasteiger partial charge >= 0.3 is 0 Å². The molecule has 0 saturated carbocycles. The second kappa shape index (κ2) is 8.76. The number of nitrogens with one attached hydrogen (secondary N) is 1. The fourth-order valence-electron chi connectivity index (χ4n) is 2.42. The van der Waals surface area contributed by atoms with Gasteiger partial charge in [-0.25, -0.2) is 0 Å². The number of carbonyl (C=O) groups excluding carboxylic acids is 2. The maximum absolute atomic E-state index is 11.6. The van der Waals surface area contributed by atoms with Crippen molar-refractivity contribution in [3.05, 3.63) is 35.4 Å². The molecule has 1 heterocycles. The molecule has 1 aliphatic rings. The minimum Gasteiger partial charge on any atom is -0.352 e. The molecule has 2 rings (SSSR count). The second-order valence-corrected chi connectivity index (χ2v) is 5.69. The van der Waals surface area contributed by atoms with Crippen molar-refractivity contribution in [3.63, 3.8) is 0 Å².